The third kappa shape index (κ3) is 6.14. The van der Waals surface area contributed by atoms with Crippen molar-refractivity contribution >= 4 is 11.8 Å². The van der Waals surface area contributed by atoms with Gasteiger partial charge in [-0.25, -0.2) is 4.98 Å². The predicted molar refractivity (Wildman–Crippen MR) is 95.7 cm³/mol. The average Bonchev–Trinajstić information content (AvgIpc) is 2.54. The summed E-state index contributed by atoms with van der Waals surface area (Å²) in [6.45, 7) is 6.65. The molecule has 144 valence electrons. The molecule has 2 rings (SSSR count). The van der Waals surface area contributed by atoms with Crippen molar-refractivity contribution in [2.45, 2.75) is 39.2 Å². The first-order valence-corrected chi connectivity index (χ1v) is 8.93. The minimum absolute atomic E-state index is 0.0912. The Bertz CT molecular complexity index is 688. The lowest BCUT2D eigenvalue weighted by molar-refractivity contribution is -0.134. The summed E-state index contributed by atoms with van der Waals surface area (Å²) < 4.78 is 0. The molecule has 0 aliphatic carbocycles. The van der Waals surface area contributed by atoms with Gasteiger partial charge in [0.05, 0.1) is 18.5 Å². The van der Waals surface area contributed by atoms with Gasteiger partial charge in [0, 0.05) is 26.1 Å². The van der Waals surface area contributed by atoms with Gasteiger partial charge >= 0.3 is 0 Å². The summed E-state index contributed by atoms with van der Waals surface area (Å²) in [7, 11) is 0. The largest absolute Gasteiger partial charge is 0.493 e. The van der Waals surface area contributed by atoms with E-state index in [0.717, 1.165) is 25.6 Å². The highest BCUT2D eigenvalue weighted by Gasteiger charge is 2.31. The summed E-state index contributed by atoms with van der Waals surface area (Å²) in [5.41, 5.74) is -0.446. The molecule has 1 atom stereocenters. The number of nitrogens with zero attached hydrogens (tertiary/aromatic N) is 2. The van der Waals surface area contributed by atoms with Crippen LogP contribution in [0.3, 0.4) is 0 Å². The number of aromatic nitrogens is 2. The molecule has 0 aromatic carbocycles. The monoisotopic (exact) mass is 365 g/mol. The first-order valence-electron chi connectivity index (χ1n) is 8.93. The average molecular weight is 365 g/mol. The minimum Gasteiger partial charge on any atom is -0.493 e. The van der Waals surface area contributed by atoms with Crippen LogP contribution in [-0.4, -0.2) is 64.0 Å². The van der Waals surface area contributed by atoms with Crippen LogP contribution in [0.25, 0.3) is 0 Å². The lowest BCUT2D eigenvalue weighted by Gasteiger charge is -2.35. The number of piperazine rings is 1. The van der Waals surface area contributed by atoms with Gasteiger partial charge in [-0.2, -0.15) is 0 Å². The van der Waals surface area contributed by atoms with E-state index >= 15 is 0 Å². The Hall–Kier alpha value is -2.42. The molecule has 26 heavy (non-hydrogen) atoms. The molecule has 4 N–H and O–H groups in total. The smallest absolute Gasteiger partial charge is 0.254 e. The van der Waals surface area contributed by atoms with E-state index in [-0.39, 0.29) is 37.1 Å². The Kier molecular flexibility index (Phi) is 7.14. The summed E-state index contributed by atoms with van der Waals surface area (Å²) >= 11 is 0. The fourth-order valence-electron chi connectivity index (χ4n) is 2.86. The summed E-state index contributed by atoms with van der Waals surface area (Å²) in [4.78, 5) is 44.0. The molecule has 1 aromatic rings. The van der Waals surface area contributed by atoms with Gasteiger partial charge in [0.2, 0.25) is 17.7 Å². The van der Waals surface area contributed by atoms with E-state index in [1.54, 1.807) is 0 Å². The number of carbonyl (C=O) groups excluding carboxylic acids is 2. The second kappa shape index (κ2) is 9.33. The van der Waals surface area contributed by atoms with E-state index in [1.807, 2.05) is 0 Å². The molecule has 0 saturated carbocycles. The number of aromatic amines is 1. The van der Waals surface area contributed by atoms with Gasteiger partial charge < -0.3 is 20.7 Å². The highest BCUT2D eigenvalue weighted by Crippen LogP contribution is 2.12. The van der Waals surface area contributed by atoms with Gasteiger partial charge in [-0.15, -0.1) is 0 Å². The van der Waals surface area contributed by atoms with Gasteiger partial charge in [-0.05, 0) is 18.9 Å². The Labute approximate surface area is 152 Å². The number of hydrogen-bond donors (Lipinski definition) is 4. The highest BCUT2D eigenvalue weighted by molar-refractivity contribution is 5.88. The van der Waals surface area contributed by atoms with Crippen LogP contribution in [-0.2, 0) is 16.0 Å². The van der Waals surface area contributed by atoms with Gasteiger partial charge in [-0.1, -0.05) is 13.8 Å². The third-order valence-corrected chi connectivity index (χ3v) is 4.28. The summed E-state index contributed by atoms with van der Waals surface area (Å²) in [5.74, 6) is 0.128. The molecule has 1 unspecified atom stereocenters. The lowest BCUT2D eigenvalue weighted by Crippen LogP contribution is -2.56. The van der Waals surface area contributed by atoms with Gasteiger partial charge in [0.25, 0.3) is 5.56 Å². The predicted octanol–water partition coefficient (Wildman–Crippen LogP) is -0.629. The normalized spacial score (nSPS) is 18.0. The third-order valence-electron chi connectivity index (χ3n) is 4.28. The maximum Gasteiger partial charge on any atom is 0.254 e. The van der Waals surface area contributed by atoms with Crippen LogP contribution in [0.4, 0.5) is 0 Å². The Morgan fingerprint density at radius 1 is 1.46 bits per heavy atom. The first-order chi connectivity index (χ1) is 12.3. The summed E-state index contributed by atoms with van der Waals surface area (Å²) in [6.07, 6.45) is 1.35. The second-order valence-electron chi connectivity index (χ2n) is 6.88. The van der Waals surface area contributed by atoms with Crippen LogP contribution in [0.1, 0.15) is 32.5 Å². The van der Waals surface area contributed by atoms with E-state index in [9.17, 15) is 19.5 Å². The molecule has 9 nitrogen and oxygen atoms in total. The molecule has 1 saturated heterocycles. The summed E-state index contributed by atoms with van der Waals surface area (Å²) in [5, 5.41) is 14.8. The Balaban J connectivity index is 1.84. The summed E-state index contributed by atoms with van der Waals surface area (Å²) in [6, 6.07) is 0.524. The van der Waals surface area contributed by atoms with E-state index < -0.39 is 11.6 Å². The van der Waals surface area contributed by atoms with Crippen LogP contribution in [0, 0.1) is 5.92 Å². The van der Waals surface area contributed by atoms with Crippen molar-refractivity contribution in [2.24, 2.45) is 5.92 Å². The van der Waals surface area contributed by atoms with Gasteiger partial charge in [0.15, 0.2) is 0 Å². The minimum atomic E-state index is -0.457. The molecule has 0 spiro atoms. The number of rotatable bonds is 8. The molecular weight excluding hydrogens is 338 g/mol. The fourth-order valence-corrected chi connectivity index (χ4v) is 2.86. The first kappa shape index (κ1) is 19.9. The molecule has 0 radical (unpaired) electrons. The SMILES string of the molecule is CC(C)CCN1CCNC(=O)C1CC(=O)NCCc1nc(O)cc(=O)[nH]1. The van der Waals surface area contributed by atoms with Crippen molar-refractivity contribution in [3.05, 3.63) is 22.2 Å². The van der Waals surface area contributed by atoms with Crippen molar-refractivity contribution in [3.8, 4) is 5.88 Å². The second-order valence-corrected chi connectivity index (χ2v) is 6.88. The van der Waals surface area contributed by atoms with E-state index in [2.05, 4.69) is 39.3 Å². The van der Waals surface area contributed by atoms with Crippen LogP contribution in [0.15, 0.2) is 10.9 Å². The maximum atomic E-state index is 12.2. The molecule has 1 aliphatic rings. The number of H-pyrrole nitrogens is 1. The number of carbonyl (C=O) groups is 2. The fraction of sp³-hybridized carbons (Fsp3) is 0.647. The number of aromatic hydroxyl groups is 1. The zero-order valence-electron chi connectivity index (χ0n) is 15.2. The number of nitrogens with one attached hydrogen (secondary N) is 3. The Morgan fingerprint density at radius 3 is 2.92 bits per heavy atom. The van der Waals surface area contributed by atoms with E-state index in [0.29, 0.717) is 18.3 Å². The van der Waals surface area contributed by atoms with Gasteiger partial charge in [0.1, 0.15) is 5.82 Å². The van der Waals surface area contributed by atoms with Crippen LogP contribution in [0.5, 0.6) is 5.88 Å². The molecule has 1 aliphatic heterocycles. The number of hydrogen-bond acceptors (Lipinski definition) is 6. The van der Waals surface area contributed by atoms with Gasteiger partial charge in [-0.3, -0.25) is 19.3 Å². The zero-order chi connectivity index (χ0) is 19.1. The molecule has 1 fully saturated rings. The van der Waals surface area contributed by atoms with E-state index in [1.165, 1.54) is 0 Å². The zero-order valence-corrected chi connectivity index (χ0v) is 15.2. The molecule has 1 aromatic heterocycles. The van der Waals surface area contributed by atoms with Crippen molar-refractivity contribution in [1.82, 2.24) is 25.5 Å². The molecule has 0 bridgehead atoms. The standard InChI is InChI=1S/C17H27N5O4/c1-11(2)4-7-22-8-6-19-17(26)12(22)9-14(23)18-5-3-13-20-15(24)10-16(25)21-13/h10-12H,3-9H2,1-2H3,(H,18,23)(H,19,26)(H2,20,21,24,25). The molecule has 2 amide bonds. The molecular formula is C17H27N5O4. The lowest BCUT2D eigenvalue weighted by atomic mass is 10.1. The maximum absolute atomic E-state index is 12.2. The van der Waals surface area contributed by atoms with Crippen molar-refractivity contribution in [2.75, 3.05) is 26.2 Å². The quantitative estimate of drug-likeness (QED) is 0.486. The molecule has 2 heterocycles. The highest BCUT2D eigenvalue weighted by atomic mass is 16.3. The van der Waals surface area contributed by atoms with Crippen molar-refractivity contribution in [3.63, 3.8) is 0 Å². The Morgan fingerprint density at radius 2 is 2.23 bits per heavy atom. The van der Waals surface area contributed by atoms with Crippen LogP contribution >= 0.6 is 0 Å². The van der Waals surface area contributed by atoms with Crippen molar-refractivity contribution in [1.29, 1.82) is 0 Å². The van der Waals surface area contributed by atoms with E-state index in [4.69, 9.17) is 0 Å². The topological polar surface area (TPSA) is 127 Å². The van der Waals surface area contributed by atoms with Crippen LogP contribution < -0.4 is 16.2 Å². The van der Waals surface area contributed by atoms with Crippen LogP contribution in [0.2, 0.25) is 0 Å². The van der Waals surface area contributed by atoms with Crippen molar-refractivity contribution < 1.29 is 14.7 Å². The molecule has 9 heteroatoms. The number of amides is 2.